The van der Waals surface area contributed by atoms with Gasteiger partial charge in [-0.15, -0.1) is 0 Å². The maximum Gasteiger partial charge on any atom is 0.276 e. The highest BCUT2D eigenvalue weighted by molar-refractivity contribution is 6.35. The van der Waals surface area contributed by atoms with Crippen LogP contribution in [0.1, 0.15) is 34.1 Å². The summed E-state index contributed by atoms with van der Waals surface area (Å²) < 4.78 is 6.97. The molecule has 1 saturated heterocycles. The molecule has 8 heteroatoms. The second kappa shape index (κ2) is 8.66. The lowest BCUT2D eigenvalue weighted by molar-refractivity contribution is 0.101. The van der Waals surface area contributed by atoms with Crippen LogP contribution in [0.4, 0.5) is 5.82 Å². The van der Waals surface area contributed by atoms with Gasteiger partial charge in [-0.3, -0.25) is 9.48 Å². The Morgan fingerprint density at radius 3 is 2.66 bits per heavy atom. The minimum Gasteiger partial charge on any atom is -0.379 e. The summed E-state index contributed by atoms with van der Waals surface area (Å²) in [5.74, 6) is 5.84. The van der Waals surface area contributed by atoms with Gasteiger partial charge < -0.3 is 10.1 Å². The number of rotatable bonds is 3. The first-order valence-corrected chi connectivity index (χ1v) is 9.72. The van der Waals surface area contributed by atoms with Crippen LogP contribution in [0.25, 0.3) is 0 Å². The molecular formula is C21H16Cl2N4O2. The van der Waals surface area contributed by atoms with E-state index in [9.17, 15) is 4.79 Å². The first-order chi connectivity index (χ1) is 14.1. The molecule has 1 amide bonds. The van der Waals surface area contributed by atoms with Crippen molar-refractivity contribution in [2.45, 2.75) is 12.5 Å². The van der Waals surface area contributed by atoms with E-state index >= 15 is 0 Å². The standard InChI is InChI=1S/C21H16Cl2N4O2/c22-17-10-15(7-6-14-4-2-1-3-5-14)11-24-20(17)26-21(28)19-18(23)12-25-27(19)16-8-9-29-13-16/h1-5,10-12,16H,8-9,13H2,(H,24,26,28)/t16-/m1/s1. The Balaban J connectivity index is 1.52. The number of nitrogens with one attached hydrogen (secondary N) is 1. The molecule has 0 radical (unpaired) electrons. The molecule has 6 nitrogen and oxygen atoms in total. The van der Waals surface area contributed by atoms with Gasteiger partial charge in [0, 0.05) is 23.9 Å². The van der Waals surface area contributed by atoms with E-state index in [0.29, 0.717) is 18.8 Å². The molecule has 1 atom stereocenters. The average molecular weight is 427 g/mol. The van der Waals surface area contributed by atoms with Crippen LogP contribution in [0, 0.1) is 11.8 Å². The minimum absolute atomic E-state index is 0.0256. The Morgan fingerprint density at radius 1 is 1.14 bits per heavy atom. The summed E-state index contributed by atoms with van der Waals surface area (Å²) in [7, 11) is 0. The fourth-order valence-corrected chi connectivity index (χ4v) is 3.41. The zero-order valence-corrected chi connectivity index (χ0v) is 16.7. The second-order valence-electron chi connectivity index (χ2n) is 6.43. The summed E-state index contributed by atoms with van der Waals surface area (Å²) in [5.41, 5.74) is 1.79. The summed E-state index contributed by atoms with van der Waals surface area (Å²) in [6.07, 6.45) is 3.78. The van der Waals surface area contributed by atoms with Crippen molar-refractivity contribution in [1.82, 2.24) is 14.8 Å². The van der Waals surface area contributed by atoms with Crippen LogP contribution >= 0.6 is 23.2 Å². The summed E-state index contributed by atoms with van der Waals surface area (Å²) in [6.45, 7) is 1.12. The molecule has 0 saturated carbocycles. The Labute approximate surface area is 177 Å². The van der Waals surface area contributed by atoms with E-state index in [-0.39, 0.29) is 27.6 Å². The van der Waals surface area contributed by atoms with Gasteiger partial charge in [0.2, 0.25) is 0 Å². The van der Waals surface area contributed by atoms with E-state index in [1.54, 1.807) is 16.9 Å². The van der Waals surface area contributed by atoms with E-state index < -0.39 is 5.91 Å². The van der Waals surface area contributed by atoms with Crippen molar-refractivity contribution in [2.24, 2.45) is 0 Å². The smallest absolute Gasteiger partial charge is 0.276 e. The van der Waals surface area contributed by atoms with Crippen molar-refractivity contribution in [1.29, 1.82) is 0 Å². The molecule has 1 aliphatic heterocycles. The molecule has 0 bridgehead atoms. The van der Waals surface area contributed by atoms with Gasteiger partial charge >= 0.3 is 0 Å². The van der Waals surface area contributed by atoms with Gasteiger partial charge in [0.05, 0.1) is 28.9 Å². The number of halogens is 2. The summed E-state index contributed by atoms with van der Waals surface area (Å²) >= 11 is 12.5. The van der Waals surface area contributed by atoms with Gasteiger partial charge in [0.15, 0.2) is 5.82 Å². The number of aromatic nitrogens is 3. The third-order valence-electron chi connectivity index (χ3n) is 4.42. The first-order valence-electron chi connectivity index (χ1n) is 8.96. The molecule has 146 valence electrons. The van der Waals surface area contributed by atoms with E-state index in [2.05, 4.69) is 27.2 Å². The van der Waals surface area contributed by atoms with Crippen LogP contribution in [0.5, 0.6) is 0 Å². The topological polar surface area (TPSA) is 69.0 Å². The van der Waals surface area contributed by atoms with Crippen molar-refractivity contribution in [3.05, 3.63) is 75.7 Å². The van der Waals surface area contributed by atoms with Gasteiger partial charge in [-0.25, -0.2) is 4.98 Å². The zero-order chi connectivity index (χ0) is 20.2. The number of amides is 1. The highest BCUT2D eigenvalue weighted by atomic mass is 35.5. The van der Waals surface area contributed by atoms with E-state index in [0.717, 1.165) is 12.0 Å². The van der Waals surface area contributed by atoms with Crippen LogP contribution in [0.15, 0.2) is 48.8 Å². The Hall–Kier alpha value is -2.85. The summed E-state index contributed by atoms with van der Waals surface area (Å²) in [5, 5.41) is 7.47. The normalized spacial score (nSPS) is 15.6. The summed E-state index contributed by atoms with van der Waals surface area (Å²) in [6, 6.07) is 11.2. The molecule has 0 spiro atoms. The highest BCUT2D eigenvalue weighted by Gasteiger charge is 2.26. The van der Waals surface area contributed by atoms with Gasteiger partial charge in [-0.05, 0) is 24.6 Å². The lowest BCUT2D eigenvalue weighted by atomic mass is 10.2. The number of anilines is 1. The van der Waals surface area contributed by atoms with Gasteiger partial charge in [0.1, 0.15) is 5.69 Å². The fraction of sp³-hybridized carbons (Fsp3) is 0.190. The van der Waals surface area contributed by atoms with Crippen molar-refractivity contribution < 1.29 is 9.53 Å². The third kappa shape index (κ3) is 4.43. The Morgan fingerprint density at radius 2 is 1.93 bits per heavy atom. The SMILES string of the molecule is O=C(Nc1ncc(C#Cc2ccccc2)cc1Cl)c1c(Cl)cnn1[C@@H]1CCOC1. The molecule has 1 aliphatic rings. The van der Waals surface area contributed by atoms with Crippen LogP contribution in [-0.2, 0) is 4.74 Å². The molecule has 0 aliphatic carbocycles. The number of hydrogen-bond acceptors (Lipinski definition) is 4. The second-order valence-corrected chi connectivity index (χ2v) is 7.24. The molecule has 1 fully saturated rings. The fourth-order valence-electron chi connectivity index (χ4n) is 2.98. The van der Waals surface area contributed by atoms with Crippen molar-refractivity contribution in [3.8, 4) is 11.8 Å². The van der Waals surface area contributed by atoms with Crippen molar-refractivity contribution in [3.63, 3.8) is 0 Å². The van der Waals surface area contributed by atoms with Crippen molar-refractivity contribution in [2.75, 3.05) is 18.5 Å². The van der Waals surface area contributed by atoms with Gasteiger partial charge in [0.25, 0.3) is 5.91 Å². The summed E-state index contributed by atoms with van der Waals surface area (Å²) in [4.78, 5) is 17.0. The number of benzene rings is 1. The average Bonchev–Trinajstić information content (AvgIpc) is 3.38. The third-order valence-corrected chi connectivity index (χ3v) is 4.98. The largest absolute Gasteiger partial charge is 0.379 e. The Kier molecular flexibility index (Phi) is 5.81. The van der Waals surface area contributed by atoms with Crippen LogP contribution < -0.4 is 5.32 Å². The first kappa shape index (κ1) is 19.5. The maximum absolute atomic E-state index is 12.8. The number of carbonyl (C=O) groups is 1. The molecule has 2 aromatic heterocycles. The Bertz CT molecular complexity index is 1100. The van der Waals surface area contributed by atoms with Gasteiger partial charge in [-0.1, -0.05) is 53.2 Å². The number of carbonyl (C=O) groups excluding carboxylic acids is 1. The van der Waals surface area contributed by atoms with Crippen LogP contribution in [-0.4, -0.2) is 33.9 Å². The molecule has 1 N–H and O–H groups in total. The lowest BCUT2D eigenvalue weighted by Gasteiger charge is -2.13. The van der Waals surface area contributed by atoms with Gasteiger partial charge in [-0.2, -0.15) is 5.10 Å². The lowest BCUT2D eigenvalue weighted by Crippen LogP contribution is -2.22. The molecule has 0 unspecified atom stereocenters. The van der Waals surface area contributed by atoms with Crippen LogP contribution in [0.3, 0.4) is 0 Å². The predicted molar refractivity (Wildman–Crippen MR) is 111 cm³/mol. The number of ether oxygens (including phenoxy) is 1. The quantitative estimate of drug-likeness (QED) is 0.637. The number of nitrogens with zero attached hydrogens (tertiary/aromatic N) is 3. The molecule has 1 aromatic carbocycles. The maximum atomic E-state index is 12.8. The monoisotopic (exact) mass is 426 g/mol. The molecule has 3 aromatic rings. The van der Waals surface area contributed by atoms with Crippen LogP contribution in [0.2, 0.25) is 10.0 Å². The van der Waals surface area contributed by atoms with E-state index in [1.807, 2.05) is 30.3 Å². The number of pyridine rings is 1. The zero-order valence-electron chi connectivity index (χ0n) is 15.2. The molecule has 3 heterocycles. The van der Waals surface area contributed by atoms with Crippen molar-refractivity contribution >= 4 is 34.9 Å². The molecular weight excluding hydrogens is 411 g/mol. The molecule has 4 rings (SSSR count). The predicted octanol–water partition coefficient (Wildman–Crippen LogP) is 4.20. The van der Waals surface area contributed by atoms with E-state index in [4.69, 9.17) is 27.9 Å². The molecule has 29 heavy (non-hydrogen) atoms. The van der Waals surface area contributed by atoms with E-state index in [1.165, 1.54) is 6.20 Å². The minimum atomic E-state index is -0.433. The number of hydrogen-bond donors (Lipinski definition) is 1. The highest BCUT2D eigenvalue weighted by Crippen LogP contribution is 2.26.